The van der Waals surface area contributed by atoms with Crippen LogP contribution >= 0.6 is 0 Å². The Labute approximate surface area is 109 Å². The molecule has 18 heavy (non-hydrogen) atoms. The molecule has 0 N–H and O–H groups in total. The van der Waals surface area contributed by atoms with Gasteiger partial charge in [0.15, 0.2) is 0 Å². The van der Waals surface area contributed by atoms with Crippen molar-refractivity contribution in [2.45, 2.75) is 32.5 Å². The molecule has 1 atom stereocenters. The van der Waals surface area contributed by atoms with E-state index in [1.807, 2.05) is 37.3 Å². The maximum absolute atomic E-state index is 10.7. The molecule has 4 nitrogen and oxygen atoms in total. The Morgan fingerprint density at radius 1 is 1.22 bits per heavy atom. The van der Waals surface area contributed by atoms with E-state index < -0.39 is 10.1 Å². The Hall–Kier alpha value is -0.910. The van der Waals surface area contributed by atoms with Crippen LogP contribution in [0.1, 0.15) is 25.3 Å². The molecule has 0 aliphatic rings. The first-order valence-corrected chi connectivity index (χ1v) is 7.79. The fourth-order valence-electron chi connectivity index (χ4n) is 1.48. The summed E-state index contributed by atoms with van der Waals surface area (Å²) in [6.07, 6.45) is 2.60. The maximum atomic E-state index is 10.7. The van der Waals surface area contributed by atoms with Gasteiger partial charge >= 0.3 is 0 Å². The van der Waals surface area contributed by atoms with Crippen molar-refractivity contribution in [2.24, 2.45) is 0 Å². The zero-order valence-electron chi connectivity index (χ0n) is 10.8. The van der Waals surface area contributed by atoms with Crippen LogP contribution in [0.5, 0.6) is 0 Å². The smallest absolute Gasteiger partial charge is 0.264 e. The summed E-state index contributed by atoms with van der Waals surface area (Å²) in [6, 6.07) is 9.95. The van der Waals surface area contributed by atoms with Crippen molar-refractivity contribution in [3.8, 4) is 0 Å². The van der Waals surface area contributed by atoms with Gasteiger partial charge in [0.25, 0.3) is 10.1 Å². The summed E-state index contributed by atoms with van der Waals surface area (Å²) in [4.78, 5) is 0. The summed E-state index contributed by atoms with van der Waals surface area (Å²) in [5.41, 5.74) is 1.14. The summed E-state index contributed by atoms with van der Waals surface area (Å²) in [5, 5.41) is 0. The van der Waals surface area contributed by atoms with E-state index in [1.54, 1.807) is 0 Å². The Kier molecular flexibility index (Phi) is 6.32. The second-order valence-electron chi connectivity index (χ2n) is 4.28. The van der Waals surface area contributed by atoms with Crippen LogP contribution in [-0.2, 0) is 25.6 Å². The lowest BCUT2D eigenvalue weighted by Crippen LogP contribution is -2.11. The minimum Gasteiger partial charge on any atom is -0.374 e. The first kappa shape index (κ1) is 15.1. The minimum atomic E-state index is -3.32. The van der Waals surface area contributed by atoms with Crippen LogP contribution in [0.3, 0.4) is 0 Å². The molecule has 0 radical (unpaired) electrons. The average molecular weight is 272 g/mol. The van der Waals surface area contributed by atoms with Gasteiger partial charge in [0.05, 0.1) is 25.6 Å². The molecule has 0 amide bonds. The Morgan fingerprint density at radius 2 is 1.89 bits per heavy atom. The van der Waals surface area contributed by atoms with E-state index in [4.69, 9.17) is 4.74 Å². The molecule has 0 heterocycles. The topological polar surface area (TPSA) is 52.6 Å². The van der Waals surface area contributed by atoms with Crippen LogP contribution in [0, 0.1) is 0 Å². The maximum Gasteiger partial charge on any atom is 0.264 e. The van der Waals surface area contributed by atoms with Gasteiger partial charge in [0.1, 0.15) is 0 Å². The fourth-order valence-corrected chi connectivity index (χ4v) is 1.90. The molecule has 0 spiro atoms. The zero-order chi connectivity index (χ0) is 13.4. The van der Waals surface area contributed by atoms with Crippen LogP contribution in [0.4, 0.5) is 0 Å². The summed E-state index contributed by atoms with van der Waals surface area (Å²) in [7, 11) is -3.32. The van der Waals surface area contributed by atoms with Gasteiger partial charge in [-0.25, -0.2) is 0 Å². The molecule has 1 aromatic rings. The lowest BCUT2D eigenvalue weighted by atomic mass is 10.2. The quantitative estimate of drug-likeness (QED) is 0.538. The molecule has 0 fully saturated rings. The van der Waals surface area contributed by atoms with Crippen molar-refractivity contribution in [1.29, 1.82) is 0 Å². The summed E-state index contributed by atoms with van der Waals surface area (Å²) in [5.74, 6) is 0. The zero-order valence-corrected chi connectivity index (χ0v) is 11.7. The van der Waals surface area contributed by atoms with E-state index in [0.29, 0.717) is 13.0 Å². The van der Waals surface area contributed by atoms with E-state index in [0.717, 1.165) is 18.2 Å². The van der Waals surface area contributed by atoms with E-state index in [1.165, 1.54) is 0 Å². The number of hydrogen-bond donors (Lipinski definition) is 0. The van der Waals surface area contributed by atoms with Crippen molar-refractivity contribution in [3.63, 3.8) is 0 Å². The minimum absolute atomic E-state index is 0.0911. The molecule has 1 rings (SSSR count). The molecule has 0 aromatic heterocycles. The summed E-state index contributed by atoms with van der Waals surface area (Å²) in [6.45, 7) is 2.77. The van der Waals surface area contributed by atoms with Gasteiger partial charge in [-0.15, -0.1) is 0 Å². The van der Waals surface area contributed by atoms with Gasteiger partial charge < -0.3 is 4.74 Å². The van der Waals surface area contributed by atoms with Crippen LogP contribution < -0.4 is 0 Å². The molecule has 5 heteroatoms. The lowest BCUT2D eigenvalue weighted by Gasteiger charge is -2.12. The number of hydrogen-bond acceptors (Lipinski definition) is 4. The molecule has 0 saturated heterocycles. The molecule has 0 aliphatic carbocycles. The van der Waals surface area contributed by atoms with Crippen molar-refractivity contribution in [1.82, 2.24) is 0 Å². The highest BCUT2D eigenvalue weighted by Gasteiger charge is 2.05. The summed E-state index contributed by atoms with van der Waals surface area (Å²) < 4.78 is 31.8. The van der Waals surface area contributed by atoms with Crippen LogP contribution in [0.25, 0.3) is 0 Å². The van der Waals surface area contributed by atoms with Gasteiger partial charge in [-0.3, -0.25) is 4.18 Å². The lowest BCUT2D eigenvalue weighted by molar-refractivity contribution is 0.0440. The molecule has 1 aromatic carbocycles. The van der Waals surface area contributed by atoms with Crippen molar-refractivity contribution >= 4 is 10.1 Å². The van der Waals surface area contributed by atoms with Gasteiger partial charge in [-0.05, 0) is 25.3 Å². The molecule has 0 aliphatic heterocycles. The first-order chi connectivity index (χ1) is 8.47. The van der Waals surface area contributed by atoms with Crippen LogP contribution in [0.15, 0.2) is 30.3 Å². The molecule has 0 bridgehead atoms. The number of ether oxygens (including phenoxy) is 1. The third kappa shape index (κ3) is 7.42. The Morgan fingerprint density at radius 3 is 2.50 bits per heavy atom. The van der Waals surface area contributed by atoms with Crippen LogP contribution in [0.2, 0.25) is 0 Å². The van der Waals surface area contributed by atoms with E-state index in [9.17, 15) is 8.42 Å². The third-order valence-corrected chi connectivity index (χ3v) is 3.02. The molecule has 1 unspecified atom stereocenters. The monoisotopic (exact) mass is 272 g/mol. The van der Waals surface area contributed by atoms with Crippen molar-refractivity contribution in [2.75, 3.05) is 12.9 Å². The highest BCUT2D eigenvalue weighted by atomic mass is 32.2. The highest BCUT2D eigenvalue weighted by molar-refractivity contribution is 7.85. The second kappa shape index (κ2) is 7.51. The predicted molar refractivity (Wildman–Crippen MR) is 70.7 cm³/mol. The molecular formula is C13H20O4S. The van der Waals surface area contributed by atoms with Gasteiger partial charge in [0, 0.05) is 0 Å². The predicted octanol–water partition coefficient (Wildman–Crippen LogP) is 2.35. The second-order valence-corrected chi connectivity index (χ2v) is 5.92. The molecule has 0 saturated carbocycles. The van der Waals surface area contributed by atoms with Crippen molar-refractivity contribution < 1.29 is 17.3 Å². The average Bonchev–Trinajstić information content (AvgIpc) is 2.32. The normalized spacial score (nSPS) is 13.4. The Balaban J connectivity index is 2.13. The van der Waals surface area contributed by atoms with E-state index in [2.05, 4.69) is 4.18 Å². The van der Waals surface area contributed by atoms with E-state index in [-0.39, 0.29) is 12.7 Å². The SMILES string of the molecule is CC(CCCOS(C)(=O)=O)OCc1ccccc1. The molecular weight excluding hydrogens is 252 g/mol. The largest absolute Gasteiger partial charge is 0.374 e. The standard InChI is InChI=1S/C13H20O4S/c1-12(7-6-10-17-18(2,14)15)16-11-13-8-4-3-5-9-13/h3-5,8-9,12H,6-7,10-11H2,1-2H3. The van der Waals surface area contributed by atoms with Gasteiger partial charge in [-0.2, -0.15) is 8.42 Å². The number of rotatable bonds is 8. The first-order valence-electron chi connectivity index (χ1n) is 5.97. The van der Waals surface area contributed by atoms with Crippen LogP contribution in [-0.4, -0.2) is 27.4 Å². The Bertz CT molecular complexity index is 428. The fraction of sp³-hybridized carbons (Fsp3) is 0.538. The summed E-state index contributed by atoms with van der Waals surface area (Å²) >= 11 is 0. The molecule has 102 valence electrons. The number of benzene rings is 1. The van der Waals surface area contributed by atoms with Gasteiger partial charge in [0.2, 0.25) is 0 Å². The third-order valence-electron chi connectivity index (χ3n) is 2.43. The highest BCUT2D eigenvalue weighted by Crippen LogP contribution is 2.07. The van der Waals surface area contributed by atoms with E-state index >= 15 is 0 Å². The van der Waals surface area contributed by atoms with Gasteiger partial charge in [-0.1, -0.05) is 30.3 Å². The van der Waals surface area contributed by atoms with Crippen molar-refractivity contribution in [3.05, 3.63) is 35.9 Å².